The van der Waals surface area contributed by atoms with E-state index in [9.17, 15) is 9.18 Å². The maximum Gasteiger partial charge on any atom is 0.255 e. The number of nitrogen functional groups attached to an aromatic ring is 1. The van der Waals surface area contributed by atoms with Crippen molar-refractivity contribution >= 4 is 40.5 Å². The minimum atomic E-state index is -0.504. The average molecular weight is 299 g/mol. The predicted molar refractivity (Wildman–Crippen MR) is 75.2 cm³/mol. The van der Waals surface area contributed by atoms with Crippen LogP contribution in [-0.4, -0.2) is 5.91 Å². The number of carbonyl (C=O) groups is 1. The molecule has 6 heteroatoms. The third-order valence-corrected chi connectivity index (χ3v) is 2.93. The van der Waals surface area contributed by atoms with Crippen molar-refractivity contribution in [2.75, 3.05) is 11.1 Å². The molecule has 19 heavy (non-hydrogen) atoms. The van der Waals surface area contributed by atoms with E-state index in [4.69, 9.17) is 28.9 Å². The molecule has 98 valence electrons. The minimum absolute atomic E-state index is 0.172. The van der Waals surface area contributed by atoms with Crippen LogP contribution in [0.25, 0.3) is 0 Å². The second-order valence-electron chi connectivity index (χ2n) is 3.82. The molecule has 2 aromatic rings. The zero-order valence-electron chi connectivity index (χ0n) is 9.58. The molecule has 0 aliphatic rings. The maximum atomic E-state index is 13.0. The molecular weight excluding hydrogens is 290 g/mol. The highest BCUT2D eigenvalue weighted by molar-refractivity contribution is 6.37. The van der Waals surface area contributed by atoms with E-state index >= 15 is 0 Å². The van der Waals surface area contributed by atoms with Crippen molar-refractivity contribution in [3.8, 4) is 0 Å². The van der Waals surface area contributed by atoms with Crippen molar-refractivity contribution in [3.63, 3.8) is 0 Å². The van der Waals surface area contributed by atoms with Gasteiger partial charge in [0, 0.05) is 10.6 Å². The van der Waals surface area contributed by atoms with Gasteiger partial charge in [0.1, 0.15) is 5.82 Å². The number of amides is 1. The molecule has 0 spiro atoms. The summed E-state index contributed by atoms with van der Waals surface area (Å²) in [6.07, 6.45) is 0. The van der Waals surface area contributed by atoms with Crippen molar-refractivity contribution < 1.29 is 9.18 Å². The van der Waals surface area contributed by atoms with Crippen LogP contribution in [0.4, 0.5) is 15.8 Å². The van der Waals surface area contributed by atoms with Crippen LogP contribution in [-0.2, 0) is 0 Å². The monoisotopic (exact) mass is 298 g/mol. The molecule has 0 unspecified atom stereocenters. The Labute approximate surface area is 119 Å². The van der Waals surface area contributed by atoms with Crippen LogP contribution in [0.15, 0.2) is 36.4 Å². The summed E-state index contributed by atoms with van der Waals surface area (Å²) in [7, 11) is 0. The number of rotatable bonds is 2. The number of anilines is 2. The van der Waals surface area contributed by atoms with Gasteiger partial charge in [-0.1, -0.05) is 29.3 Å². The molecule has 0 heterocycles. The highest BCUT2D eigenvalue weighted by atomic mass is 35.5. The molecule has 2 rings (SSSR count). The van der Waals surface area contributed by atoms with Crippen LogP contribution in [0.2, 0.25) is 10.0 Å². The first-order valence-corrected chi connectivity index (χ1v) is 6.04. The molecule has 3 N–H and O–H groups in total. The van der Waals surface area contributed by atoms with Crippen LogP contribution in [0.3, 0.4) is 0 Å². The smallest absolute Gasteiger partial charge is 0.255 e. The fourth-order valence-electron chi connectivity index (χ4n) is 1.54. The summed E-state index contributed by atoms with van der Waals surface area (Å²) in [5.41, 5.74) is 6.38. The number of hydrogen-bond acceptors (Lipinski definition) is 2. The largest absolute Gasteiger partial charge is 0.397 e. The summed E-state index contributed by atoms with van der Waals surface area (Å²) < 4.78 is 13.0. The van der Waals surface area contributed by atoms with E-state index in [2.05, 4.69) is 5.32 Å². The second kappa shape index (κ2) is 5.47. The van der Waals surface area contributed by atoms with Gasteiger partial charge in [-0.15, -0.1) is 0 Å². The summed E-state index contributed by atoms with van der Waals surface area (Å²) in [5.74, 6) is -1.00. The summed E-state index contributed by atoms with van der Waals surface area (Å²) in [5, 5.41) is 3.11. The second-order valence-corrected chi connectivity index (χ2v) is 4.66. The van der Waals surface area contributed by atoms with E-state index in [0.29, 0.717) is 5.02 Å². The van der Waals surface area contributed by atoms with E-state index in [1.54, 1.807) is 0 Å². The quantitative estimate of drug-likeness (QED) is 0.824. The van der Waals surface area contributed by atoms with Crippen molar-refractivity contribution in [2.24, 2.45) is 0 Å². The lowest BCUT2D eigenvalue weighted by atomic mass is 10.2. The lowest BCUT2D eigenvalue weighted by Gasteiger charge is -2.10. The predicted octanol–water partition coefficient (Wildman–Crippen LogP) is 3.97. The van der Waals surface area contributed by atoms with Crippen molar-refractivity contribution in [3.05, 3.63) is 57.8 Å². The third-order valence-electron chi connectivity index (χ3n) is 2.41. The minimum Gasteiger partial charge on any atom is -0.397 e. The van der Waals surface area contributed by atoms with Crippen molar-refractivity contribution in [1.29, 1.82) is 0 Å². The van der Waals surface area contributed by atoms with Crippen LogP contribution < -0.4 is 11.1 Å². The lowest BCUT2D eigenvalue weighted by molar-refractivity contribution is 0.102. The standard InChI is InChI=1S/C13H9Cl2FN2O/c14-8-5-10(15)12(11(17)6-8)18-13(19)7-2-1-3-9(16)4-7/h1-6H,17H2,(H,18,19). The zero-order chi connectivity index (χ0) is 14.0. The van der Waals surface area contributed by atoms with E-state index in [1.165, 1.54) is 30.3 Å². The summed E-state index contributed by atoms with van der Waals surface area (Å²) in [4.78, 5) is 11.9. The first kappa shape index (κ1) is 13.6. The zero-order valence-corrected chi connectivity index (χ0v) is 11.1. The first-order valence-electron chi connectivity index (χ1n) is 5.29. The SMILES string of the molecule is Nc1cc(Cl)cc(Cl)c1NC(=O)c1cccc(F)c1. The molecule has 0 fully saturated rings. The number of carbonyl (C=O) groups excluding carboxylic acids is 1. The molecule has 0 aromatic heterocycles. The van der Waals surface area contributed by atoms with Gasteiger partial charge in [0.05, 0.1) is 16.4 Å². The third kappa shape index (κ3) is 3.16. The highest BCUT2D eigenvalue weighted by Crippen LogP contribution is 2.32. The topological polar surface area (TPSA) is 55.1 Å². The van der Waals surface area contributed by atoms with Crippen molar-refractivity contribution in [1.82, 2.24) is 0 Å². The molecule has 0 atom stereocenters. The Kier molecular flexibility index (Phi) is 3.93. The number of benzene rings is 2. The van der Waals surface area contributed by atoms with Gasteiger partial charge in [-0.3, -0.25) is 4.79 Å². The Morgan fingerprint density at radius 3 is 2.58 bits per heavy atom. The number of nitrogens with one attached hydrogen (secondary N) is 1. The molecule has 0 aliphatic heterocycles. The fraction of sp³-hybridized carbons (Fsp3) is 0. The van der Waals surface area contributed by atoms with E-state index < -0.39 is 11.7 Å². The normalized spacial score (nSPS) is 10.3. The van der Waals surface area contributed by atoms with E-state index in [1.807, 2.05) is 0 Å². The summed E-state index contributed by atoms with van der Waals surface area (Å²) in [6, 6.07) is 8.22. The molecule has 0 bridgehead atoms. The fourth-order valence-corrected chi connectivity index (χ4v) is 2.10. The van der Waals surface area contributed by atoms with Gasteiger partial charge >= 0.3 is 0 Å². The van der Waals surface area contributed by atoms with Crippen LogP contribution in [0.1, 0.15) is 10.4 Å². The van der Waals surface area contributed by atoms with Gasteiger partial charge in [-0.2, -0.15) is 0 Å². The first-order chi connectivity index (χ1) is 8.97. The van der Waals surface area contributed by atoms with Gasteiger partial charge in [-0.25, -0.2) is 4.39 Å². The Morgan fingerprint density at radius 1 is 1.21 bits per heavy atom. The summed E-state index contributed by atoms with van der Waals surface area (Å²) in [6.45, 7) is 0. The molecular formula is C13H9Cl2FN2O. The van der Waals surface area contributed by atoms with Gasteiger partial charge in [0.2, 0.25) is 0 Å². The van der Waals surface area contributed by atoms with Crippen LogP contribution >= 0.6 is 23.2 Å². The summed E-state index contributed by atoms with van der Waals surface area (Å²) >= 11 is 11.7. The highest BCUT2D eigenvalue weighted by Gasteiger charge is 2.12. The Morgan fingerprint density at radius 2 is 1.95 bits per heavy atom. The Hall–Kier alpha value is -1.78. The molecule has 0 radical (unpaired) electrons. The van der Waals surface area contributed by atoms with E-state index in [-0.39, 0.29) is 22.0 Å². The van der Waals surface area contributed by atoms with Crippen LogP contribution in [0.5, 0.6) is 0 Å². The van der Waals surface area contributed by atoms with Gasteiger partial charge in [0.15, 0.2) is 0 Å². The Balaban J connectivity index is 2.29. The molecule has 2 aromatic carbocycles. The number of halogens is 3. The number of hydrogen-bond donors (Lipinski definition) is 2. The molecule has 1 amide bonds. The Bertz CT molecular complexity index is 623. The van der Waals surface area contributed by atoms with Gasteiger partial charge in [-0.05, 0) is 30.3 Å². The average Bonchev–Trinajstić information content (AvgIpc) is 2.33. The van der Waals surface area contributed by atoms with Gasteiger partial charge < -0.3 is 11.1 Å². The molecule has 0 saturated heterocycles. The molecule has 3 nitrogen and oxygen atoms in total. The number of nitrogens with two attached hydrogens (primary N) is 1. The molecule has 0 aliphatic carbocycles. The van der Waals surface area contributed by atoms with Crippen molar-refractivity contribution in [2.45, 2.75) is 0 Å². The maximum absolute atomic E-state index is 13.0. The molecule has 0 saturated carbocycles. The van der Waals surface area contributed by atoms with E-state index in [0.717, 1.165) is 6.07 Å². The van der Waals surface area contributed by atoms with Gasteiger partial charge in [0.25, 0.3) is 5.91 Å². The lowest BCUT2D eigenvalue weighted by Crippen LogP contribution is -2.13. The van der Waals surface area contributed by atoms with Crippen LogP contribution in [0, 0.1) is 5.82 Å².